The first-order valence-electron chi connectivity index (χ1n) is 9.97. The summed E-state index contributed by atoms with van der Waals surface area (Å²) < 4.78 is 5.02. The number of likely N-dealkylation sites (tertiary alicyclic amines) is 1. The monoisotopic (exact) mass is 364 g/mol. The Bertz CT molecular complexity index is 816. The summed E-state index contributed by atoms with van der Waals surface area (Å²) in [5.74, 6) is 0. The van der Waals surface area contributed by atoms with Gasteiger partial charge in [0.2, 0.25) is 0 Å². The van der Waals surface area contributed by atoms with Gasteiger partial charge in [-0.15, -0.1) is 0 Å². The van der Waals surface area contributed by atoms with Crippen molar-refractivity contribution in [3.63, 3.8) is 0 Å². The number of amides is 1. The molecule has 142 valence electrons. The molecule has 0 bridgehead atoms. The van der Waals surface area contributed by atoms with Gasteiger partial charge in [0.15, 0.2) is 0 Å². The number of cyclic esters (lactones) is 1. The maximum Gasteiger partial charge on any atom is 0.407 e. The Morgan fingerprint density at radius 1 is 1.15 bits per heavy atom. The number of nitrogens with one attached hydrogen (secondary N) is 1. The predicted octanol–water partition coefficient (Wildman–Crippen LogP) is 4.47. The fourth-order valence-corrected chi connectivity index (χ4v) is 4.26. The molecule has 0 aliphatic carbocycles. The molecule has 2 fully saturated rings. The lowest BCUT2D eigenvalue weighted by atomic mass is 9.96. The first-order valence-corrected chi connectivity index (χ1v) is 9.97. The van der Waals surface area contributed by atoms with Crippen LogP contribution in [0.4, 0.5) is 4.79 Å². The molecule has 1 amide bonds. The molecule has 0 radical (unpaired) electrons. The fourth-order valence-electron chi connectivity index (χ4n) is 4.26. The molecule has 2 aliphatic rings. The zero-order valence-electron chi connectivity index (χ0n) is 16.2. The van der Waals surface area contributed by atoms with E-state index in [1.54, 1.807) is 0 Å². The van der Waals surface area contributed by atoms with Crippen molar-refractivity contribution in [2.24, 2.45) is 0 Å². The number of rotatable bonds is 5. The first kappa shape index (κ1) is 18.1. The second kappa shape index (κ2) is 7.73. The maximum atomic E-state index is 11.3. The summed E-state index contributed by atoms with van der Waals surface area (Å²) in [4.78, 5) is 13.9. The maximum absolute atomic E-state index is 11.3. The normalized spacial score (nSPS) is 22.7. The minimum atomic E-state index is -0.331. The van der Waals surface area contributed by atoms with Gasteiger partial charge in [0.25, 0.3) is 0 Å². The van der Waals surface area contributed by atoms with E-state index < -0.39 is 0 Å². The van der Waals surface area contributed by atoms with Crippen LogP contribution in [0.1, 0.15) is 42.5 Å². The van der Waals surface area contributed by atoms with Crippen molar-refractivity contribution in [1.82, 2.24) is 10.2 Å². The van der Waals surface area contributed by atoms with Gasteiger partial charge in [-0.2, -0.15) is 0 Å². The van der Waals surface area contributed by atoms with Gasteiger partial charge in [-0.25, -0.2) is 4.79 Å². The van der Waals surface area contributed by atoms with Crippen molar-refractivity contribution < 1.29 is 9.53 Å². The number of hydrogen-bond donors (Lipinski definition) is 1. The van der Waals surface area contributed by atoms with Crippen LogP contribution in [-0.4, -0.2) is 36.7 Å². The van der Waals surface area contributed by atoms with E-state index in [4.69, 9.17) is 4.74 Å². The summed E-state index contributed by atoms with van der Waals surface area (Å²) in [7, 11) is 0. The van der Waals surface area contributed by atoms with Crippen LogP contribution in [0.25, 0.3) is 11.1 Å². The quantitative estimate of drug-likeness (QED) is 0.851. The zero-order valence-corrected chi connectivity index (χ0v) is 16.2. The van der Waals surface area contributed by atoms with Crippen LogP contribution in [0.15, 0.2) is 42.5 Å². The molecule has 0 saturated carbocycles. The highest BCUT2D eigenvalue weighted by molar-refractivity contribution is 5.71. The molecule has 2 atom stereocenters. The number of aryl methyl sites for hydroxylation is 1. The average molecular weight is 364 g/mol. The lowest BCUT2D eigenvalue weighted by molar-refractivity contribution is 0.177. The number of carbonyl (C=O) groups is 1. The minimum absolute atomic E-state index is 0.0399. The standard InChI is InChI=1S/C23H28N2O2/c1-16-14-20(9-10-21(16)22-15-27-23(26)24-22)19-7-5-18(6-8-19)11-13-25-12-3-4-17(25)2/h5-10,14,17,22H,3-4,11-13,15H2,1-2H3,(H,24,26). The topological polar surface area (TPSA) is 41.6 Å². The van der Waals surface area contributed by atoms with Gasteiger partial charge in [0.05, 0.1) is 6.04 Å². The van der Waals surface area contributed by atoms with Gasteiger partial charge >= 0.3 is 6.09 Å². The minimum Gasteiger partial charge on any atom is -0.447 e. The molecular formula is C23H28N2O2. The first-order chi connectivity index (χ1) is 13.1. The second-order valence-electron chi connectivity index (χ2n) is 7.84. The van der Waals surface area contributed by atoms with Crippen molar-refractivity contribution in [2.75, 3.05) is 19.7 Å². The summed E-state index contributed by atoms with van der Waals surface area (Å²) >= 11 is 0. The summed E-state index contributed by atoms with van der Waals surface area (Å²) in [5, 5.41) is 2.85. The molecule has 1 N–H and O–H groups in total. The zero-order chi connectivity index (χ0) is 18.8. The SMILES string of the molecule is Cc1cc(-c2ccc(CCN3CCCC3C)cc2)ccc1C1COC(=O)N1. The van der Waals surface area contributed by atoms with Crippen molar-refractivity contribution >= 4 is 6.09 Å². The average Bonchev–Trinajstić information content (AvgIpc) is 3.28. The van der Waals surface area contributed by atoms with E-state index in [2.05, 4.69) is 66.5 Å². The molecule has 2 saturated heterocycles. The number of benzene rings is 2. The van der Waals surface area contributed by atoms with Gasteiger partial charge in [0, 0.05) is 12.6 Å². The van der Waals surface area contributed by atoms with Gasteiger partial charge in [-0.3, -0.25) is 0 Å². The van der Waals surface area contributed by atoms with E-state index in [0.29, 0.717) is 6.61 Å². The molecule has 0 aromatic heterocycles. The molecule has 4 rings (SSSR count). The second-order valence-corrected chi connectivity index (χ2v) is 7.84. The fraction of sp³-hybridized carbons (Fsp3) is 0.435. The summed E-state index contributed by atoms with van der Waals surface area (Å²) in [5.41, 5.74) is 6.14. The summed E-state index contributed by atoms with van der Waals surface area (Å²) in [6.45, 7) is 7.24. The Morgan fingerprint density at radius 2 is 1.93 bits per heavy atom. The van der Waals surface area contributed by atoms with Crippen LogP contribution in [0.5, 0.6) is 0 Å². The van der Waals surface area contributed by atoms with Crippen molar-refractivity contribution in [3.8, 4) is 11.1 Å². The number of ether oxygens (including phenoxy) is 1. The summed E-state index contributed by atoms with van der Waals surface area (Å²) in [6.07, 6.45) is 3.46. The van der Waals surface area contributed by atoms with E-state index in [1.165, 1.54) is 41.6 Å². The molecule has 4 heteroatoms. The van der Waals surface area contributed by atoms with Crippen LogP contribution >= 0.6 is 0 Å². The third kappa shape index (κ3) is 4.01. The molecular weight excluding hydrogens is 336 g/mol. The Kier molecular flexibility index (Phi) is 5.17. The van der Waals surface area contributed by atoms with E-state index in [9.17, 15) is 4.79 Å². The predicted molar refractivity (Wildman–Crippen MR) is 108 cm³/mol. The molecule has 4 nitrogen and oxygen atoms in total. The van der Waals surface area contributed by atoms with Crippen molar-refractivity contribution in [2.45, 2.75) is 45.2 Å². The Labute approximate surface area is 161 Å². The van der Waals surface area contributed by atoms with Crippen LogP contribution in [-0.2, 0) is 11.2 Å². The highest BCUT2D eigenvalue weighted by Gasteiger charge is 2.25. The van der Waals surface area contributed by atoms with Crippen molar-refractivity contribution in [3.05, 3.63) is 59.2 Å². The highest BCUT2D eigenvalue weighted by Crippen LogP contribution is 2.27. The number of nitrogens with zero attached hydrogens (tertiary/aromatic N) is 1. The van der Waals surface area contributed by atoms with Gasteiger partial charge < -0.3 is 15.0 Å². The molecule has 2 aliphatic heterocycles. The van der Waals surface area contributed by atoms with Crippen molar-refractivity contribution in [1.29, 1.82) is 0 Å². The Hall–Kier alpha value is -2.33. The third-order valence-electron chi connectivity index (χ3n) is 5.98. The van der Waals surface area contributed by atoms with Crippen LogP contribution in [0.2, 0.25) is 0 Å². The lowest BCUT2D eigenvalue weighted by Gasteiger charge is -2.20. The molecule has 27 heavy (non-hydrogen) atoms. The third-order valence-corrected chi connectivity index (χ3v) is 5.98. The van der Waals surface area contributed by atoms with Crippen LogP contribution in [0, 0.1) is 6.92 Å². The number of carbonyl (C=O) groups excluding carboxylic acids is 1. The summed E-state index contributed by atoms with van der Waals surface area (Å²) in [6, 6.07) is 16.1. The molecule has 0 spiro atoms. The van der Waals surface area contributed by atoms with E-state index in [0.717, 1.165) is 24.6 Å². The number of hydrogen-bond acceptors (Lipinski definition) is 3. The van der Waals surface area contributed by atoms with Crippen LogP contribution < -0.4 is 5.32 Å². The number of alkyl carbamates (subject to hydrolysis) is 1. The molecule has 2 unspecified atom stereocenters. The van der Waals surface area contributed by atoms with E-state index in [-0.39, 0.29) is 12.1 Å². The lowest BCUT2D eigenvalue weighted by Crippen LogP contribution is -2.28. The van der Waals surface area contributed by atoms with Gasteiger partial charge in [-0.05, 0) is 67.5 Å². The van der Waals surface area contributed by atoms with E-state index in [1.807, 2.05) is 0 Å². The Morgan fingerprint density at radius 3 is 2.56 bits per heavy atom. The highest BCUT2D eigenvalue weighted by atomic mass is 16.6. The van der Waals surface area contributed by atoms with Gasteiger partial charge in [-0.1, -0.05) is 42.5 Å². The molecule has 2 aromatic carbocycles. The largest absolute Gasteiger partial charge is 0.447 e. The molecule has 2 heterocycles. The Balaban J connectivity index is 1.42. The van der Waals surface area contributed by atoms with Crippen LogP contribution in [0.3, 0.4) is 0 Å². The molecule has 2 aromatic rings. The van der Waals surface area contributed by atoms with Gasteiger partial charge in [0.1, 0.15) is 6.61 Å². The smallest absolute Gasteiger partial charge is 0.407 e. The van der Waals surface area contributed by atoms with E-state index >= 15 is 0 Å².